The van der Waals surface area contributed by atoms with Crippen molar-refractivity contribution in [3.8, 4) is 12.3 Å². The minimum absolute atomic E-state index is 0.193. The molecule has 0 saturated carbocycles. The molecular weight excluding hydrogens is 516 g/mol. The van der Waals surface area contributed by atoms with E-state index >= 15 is 0 Å². The molecule has 0 saturated heterocycles. The number of benzene rings is 3. The van der Waals surface area contributed by atoms with Crippen LogP contribution >= 0.6 is 0 Å². The van der Waals surface area contributed by atoms with E-state index < -0.39 is 5.97 Å². The molecule has 2 heterocycles. The molecule has 0 spiro atoms. The third kappa shape index (κ3) is 4.86. The standard InChI is InChI=1S/C38H42N2O2/c1-8-11-22-39-31-20-18-28(36(41)42)25-30(31)37(4,5)33(39)14-13-15-34-38(6,7)35-29-19-16-26(10-3)24-27(29)17-21-32(35)40(34)23-12-9-2/h3,13-21,24-25H,8-9,11-12,22-23H2,1-2,4-7H3/p+1. The Morgan fingerprint density at radius 3 is 2.45 bits per heavy atom. The molecule has 3 aromatic rings. The van der Waals surface area contributed by atoms with Crippen LogP contribution in [-0.2, 0) is 10.8 Å². The average molecular weight is 560 g/mol. The number of carbonyl (C=O) groups is 1. The summed E-state index contributed by atoms with van der Waals surface area (Å²) in [5.74, 6) is 1.89. The van der Waals surface area contributed by atoms with Gasteiger partial charge in [0, 0.05) is 53.0 Å². The van der Waals surface area contributed by atoms with Crippen molar-refractivity contribution in [3.63, 3.8) is 0 Å². The molecule has 1 N–H and O–H groups in total. The van der Waals surface area contributed by atoms with E-state index in [0.717, 1.165) is 55.6 Å². The molecule has 0 aliphatic carbocycles. The van der Waals surface area contributed by atoms with Crippen LogP contribution in [0.1, 0.15) is 94.3 Å². The van der Waals surface area contributed by atoms with Gasteiger partial charge in [0.1, 0.15) is 6.54 Å². The molecule has 0 bridgehead atoms. The zero-order chi connectivity index (χ0) is 30.2. The topological polar surface area (TPSA) is 43.5 Å². The Kier molecular flexibility index (Phi) is 7.90. The highest BCUT2D eigenvalue weighted by molar-refractivity contribution is 6.08. The van der Waals surface area contributed by atoms with Crippen LogP contribution in [0.25, 0.3) is 10.8 Å². The minimum atomic E-state index is -0.888. The number of fused-ring (bicyclic) bond motifs is 4. The second kappa shape index (κ2) is 11.3. The van der Waals surface area contributed by atoms with Crippen molar-refractivity contribution in [2.75, 3.05) is 18.0 Å². The SMILES string of the molecule is C#Cc1ccc2c3c(ccc2c1)[N+](CCCC)=C(C=CC=C1N(CCCC)c2ccc(C(=O)O)cc2C1(C)C)C3(C)C. The molecule has 4 nitrogen and oxygen atoms in total. The van der Waals surface area contributed by atoms with Crippen molar-refractivity contribution in [1.29, 1.82) is 0 Å². The van der Waals surface area contributed by atoms with Gasteiger partial charge in [-0.15, -0.1) is 6.42 Å². The quantitative estimate of drug-likeness (QED) is 0.211. The number of unbranched alkanes of at least 4 members (excludes halogenated alkanes) is 2. The largest absolute Gasteiger partial charge is 0.478 e. The second-order valence-corrected chi connectivity index (χ2v) is 12.6. The third-order valence-electron chi connectivity index (χ3n) is 9.13. The van der Waals surface area contributed by atoms with Gasteiger partial charge in [0.25, 0.3) is 0 Å². The Morgan fingerprint density at radius 2 is 1.76 bits per heavy atom. The van der Waals surface area contributed by atoms with E-state index in [-0.39, 0.29) is 10.8 Å². The summed E-state index contributed by atoms with van der Waals surface area (Å²) in [4.78, 5) is 14.2. The number of terminal acetylenes is 1. The van der Waals surface area contributed by atoms with Crippen LogP contribution in [0, 0.1) is 12.3 Å². The van der Waals surface area contributed by atoms with E-state index in [2.05, 4.69) is 99.4 Å². The van der Waals surface area contributed by atoms with Crippen LogP contribution in [-0.4, -0.2) is 34.5 Å². The lowest BCUT2D eigenvalue weighted by atomic mass is 9.78. The minimum Gasteiger partial charge on any atom is -0.478 e. The molecule has 42 heavy (non-hydrogen) atoms. The van der Waals surface area contributed by atoms with Crippen molar-refractivity contribution < 1.29 is 14.5 Å². The zero-order valence-electron chi connectivity index (χ0n) is 25.9. The Balaban J connectivity index is 1.60. The first-order valence-electron chi connectivity index (χ1n) is 15.3. The molecule has 0 aromatic heterocycles. The third-order valence-corrected chi connectivity index (χ3v) is 9.13. The van der Waals surface area contributed by atoms with Crippen LogP contribution in [0.4, 0.5) is 11.4 Å². The summed E-state index contributed by atoms with van der Waals surface area (Å²) in [5.41, 5.74) is 8.04. The number of carboxylic acids is 1. The van der Waals surface area contributed by atoms with Crippen molar-refractivity contribution in [1.82, 2.24) is 0 Å². The lowest BCUT2D eigenvalue weighted by Gasteiger charge is -2.27. The number of carboxylic acid groups (broad SMARTS) is 1. The van der Waals surface area contributed by atoms with Gasteiger partial charge in [0.05, 0.1) is 11.0 Å². The van der Waals surface area contributed by atoms with Gasteiger partial charge in [-0.1, -0.05) is 58.6 Å². The van der Waals surface area contributed by atoms with E-state index in [4.69, 9.17) is 6.42 Å². The number of aromatic carboxylic acids is 1. The first kappa shape index (κ1) is 29.4. The summed E-state index contributed by atoms with van der Waals surface area (Å²) in [5, 5.41) is 12.1. The molecule has 0 radical (unpaired) electrons. The molecule has 5 rings (SSSR count). The van der Waals surface area contributed by atoms with Gasteiger partial charge in [-0.25, -0.2) is 4.79 Å². The molecule has 0 unspecified atom stereocenters. The highest BCUT2D eigenvalue weighted by Crippen LogP contribution is 2.48. The van der Waals surface area contributed by atoms with Gasteiger partial charge in [-0.3, -0.25) is 0 Å². The molecule has 0 atom stereocenters. The summed E-state index contributed by atoms with van der Waals surface area (Å²) < 4.78 is 2.50. The maximum absolute atomic E-state index is 11.8. The first-order valence-corrected chi connectivity index (χ1v) is 15.3. The van der Waals surface area contributed by atoms with Crippen molar-refractivity contribution >= 4 is 33.8 Å². The van der Waals surface area contributed by atoms with E-state index in [1.165, 1.54) is 33.4 Å². The molecule has 2 aliphatic rings. The smallest absolute Gasteiger partial charge is 0.335 e. The Morgan fingerprint density at radius 1 is 1.00 bits per heavy atom. The maximum Gasteiger partial charge on any atom is 0.335 e. The number of allylic oxidation sites excluding steroid dienone is 4. The number of anilines is 1. The predicted octanol–water partition coefficient (Wildman–Crippen LogP) is 8.73. The molecular formula is C38H43N2O2+. The number of nitrogens with zero attached hydrogens (tertiary/aromatic N) is 2. The van der Waals surface area contributed by atoms with Gasteiger partial charge in [-0.2, -0.15) is 4.58 Å². The maximum atomic E-state index is 11.8. The number of hydrogen-bond acceptors (Lipinski definition) is 2. The van der Waals surface area contributed by atoms with Crippen LogP contribution < -0.4 is 4.90 Å². The van der Waals surface area contributed by atoms with E-state index in [9.17, 15) is 9.90 Å². The van der Waals surface area contributed by atoms with E-state index in [1.54, 1.807) is 6.07 Å². The Bertz CT molecular complexity index is 1690. The van der Waals surface area contributed by atoms with Crippen LogP contribution in [0.3, 0.4) is 0 Å². The normalized spacial score (nSPS) is 17.7. The number of hydrogen-bond donors (Lipinski definition) is 1. The summed E-state index contributed by atoms with van der Waals surface area (Å²) in [6.45, 7) is 15.4. The lowest BCUT2D eigenvalue weighted by Crippen LogP contribution is -2.28. The predicted molar refractivity (Wildman–Crippen MR) is 176 cm³/mol. The van der Waals surface area contributed by atoms with Crippen LogP contribution in [0.15, 0.2) is 72.5 Å². The van der Waals surface area contributed by atoms with Gasteiger partial charge >= 0.3 is 5.97 Å². The molecule has 2 aliphatic heterocycles. The summed E-state index contributed by atoms with van der Waals surface area (Å²) in [6.07, 6.45) is 16.9. The van der Waals surface area contributed by atoms with Crippen molar-refractivity contribution in [3.05, 3.63) is 94.7 Å². The summed E-state index contributed by atoms with van der Waals surface area (Å²) >= 11 is 0. The summed E-state index contributed by atoms with van der Waals surface area (Å²) in [6, 6.07) is 16.4. The van der Waals surface area contributed by atoms with Crippen molar-refractivity contribution in [2.24, 2.45) is 0 Å². The van der Waals surface area contributed by atoms with Gasteiger partial charge in [0.2, 0.25) is 5.69 Å². The monoisotopic (exact) mass is 559 g/mol. The fourth-order valence-electron chi connectivity index (χ4n) is 6.84. The fraction of sp³-hybridized carbons (Fsp3) is 0.368. The summed E-state index contributed by atoms with van der Waals surface area (Å²) in [7, 11) is 0. The van der Waals surface area contributed by atoms with Gasteiger partial charge in [0.15, 0.2) is 5.71 Å². The van der Waals surface area contributed by atoms with Gasteiger partial charge < -0.3 is 10.0 Å². The molecule has 216 valence electrons. The number of rotatable bonds is 9. The first-order chi connectivity index (χ1) is 20.1. The second-order valence-electron chi connectivity index (χ2n) is 12.6. The van der Waals surface area contributed by atoms with E-state index in [1.807, 2.05) is 18.2 Å². The Labute approximate surface area is 251 Å². The fourth-order valence-corrected chi connectivity index (χ4v) is 6.84. The van der Waals surface area contributed by atoms with E-state index in [0.29, 0.717) is 5.56 Å². The molecule has 3 aromatic carbocycles. The highest BCUT2D eigenvalue weighted by atomic mass is 16.4. The molecule has 0 amide bonds. The van der Waals surface area contributed by atoms with Gasteiger partial charge in [-0.05, 0) is 79.1 Å². The molecule has 4 heteroatoms. The molecule has 0 fully saturated rings. The zero-order valence-corrected chi connectivity index (χ0v) is 25.9. The average Bonchev–Trinajstić information content (AvgIpc) is 3.32. The van der Waals surface area contributed by atoms with Crippen LogP contribution in [0.2, 0.25) is 0 Å². The highest BCUT2D eigenvalue weighted by Gasteiger charge is 2.45. The lowest BCUT2D eigenvalue weighted by molar-refractivity contribution is -0.438. The van der Waals surface area contributed by atoms with Crippen molar-refractivity contribution in [2.45, 2.75) is 78.1 Å². The van der Waals surface area contributed by atoms with Crippen LogP contribution in [0.5, 0.6) is 0 Å². The Hall–Kier alpha value is -4.10.